The Labute approximate surface area is 175 Å². The molecular weight excluding hydrogens is 380 g/mol. The van der Waals surface area contributed by atoms with Crippen molar-refractivity contribution in [3.63, 3.8) is 0 Å². The van der Waals surface area contributed by atoms with Crippen LogP contribution in [-0.2, 0) is 0 Å². The first-order valence-electron chi connectivity index (χ1n) is 10.2. The molecule has 4 rings (SSSR count). The van der Waals surface area contributed by atoms with E-state index in [1.165, 1.54) is 11.3 Å². The molecule has 6 heteroatoms. The van der Waals surface area contributed by atoms with Crippen molar-refractivity contribution >= 4 is 33.2 Å². The minimum atomic E-state index is -0.143. The topological polar surface area (TPSA) is 59.3 Å². The lowest BCUT2D eigenvalue weighted by atomic mass is 9.72. The second-order valence-electron chi connectivity index (χ2n) is 8.92. The molecule has 0 unspecified atom stereocenters. The number of para-hydroxylation sites is 1. The Balaban J connectivity index is 1.49. The van der Waals surface area contributed by atoms with Gasteiger partial charge >= 0.3 is 0 Å². The summed E-state index contributed by atoms with van der Waals surface area (Å²) >= 11 is 1.46. The Bertz CT molecular complexity index is 1050. The standard InChI is InChI=1S/C23H28N4OS/c1-15-19-14-20(29-22(19)27(26-15)18-8-6-5-7-9-18)21(28)25-24-17-12-10-16(11-13-17)23(2,3)4/h5-9,14,16H,10-13H2,1-4H3,(H,25,28). The SMILES string of the molecule is Cc1nn(-c2ccccc2)c2sc(C(=O)NN=C3CCC(C(C)(C)C)CC3)cc12. The van der Waals surface area contributed by atoms with Crippen LogP contribution in [-0.4, -0.2) is 21.4 Å². The van der Waals surface area contributed by atoms with Gasteiger partial charge in [-0.25, -0.2) is 10.1 Å². The number of fused-ring (bicyclic) bond motifs is 1. The third kappa shape index (κ3) is 4.13. The zero-order valence-electron chi connectivity index (χ0n) is 17.5. The van der Waals surface area contributed by atoms with E-state index in [-0.39, 0.29) is 5.91 Å². The summed E-state index contributed by atoms with van der Waals surface area (Å²) in [7, 11) is 0. The highest BCUT2D eigenvalue weighted by atomic mass is 32.1. The molecule has 1 aromatic carbocycles. The van der Waals surface area contributed by atoms with Gasteiger partial charge in [0.25, 0.3) is 5.91 Å². The Hall–Kier alpha value is -2.47. The van der Waals surface area contributed by atoms with Gasteiger partial charge in [0, 0.05) is 11.1 Å². The number of nitrogens with one attached hydrogen (secondary N) is 1. The van der Waals surface area contributed by atoms with E-state index < -0.39 is 0 Å². The summed E-state index contributed by atoms with van der Waals surface area (Å²) in [4.78, 5) is 14.3. The second kappa shape index (κ2) is 7.75. The molecule has 152 valence electrons. The predicted molar refractivity (Wildman–Crippen MR) is 120 cm³/mol. The van der Waals surface area contributed by atoms with Crippen molar-refractivity contribution in [3.05, 3.63) is 47.0 Å². The van der Waals surface area contributed by atoms with Crippen LogP contribution < -0.4 is 5.43 Å². The number of carbonyl (C=O) groups is 1. The molecule has 0 atom stereocenters. The van der Waals surface area contributed by atoms with Crippen molar-refractivity contribution in [3.8, 4) is 5.69 Å². The van der Waals surface area contributed by atoms with E-state index in [0.717, 1.165) is 58.9 Å². The van der Waals surface area contributed by atoms with Gasteiger partial charge < -0.3 is 0 Å². The summed E-state index contributed by atoms with van der Waals surface area (Å²) in [5.41, 5.74) is 6.15. The summed E-state index contributed by atoms with van der Waals surface area (Å²) < 4.78 is 1.91. The Morgan fingerprint density at radius 3 is 2.55 bits per heavy atom. The highest BCUT2D eigenvalue weighted by Gasteiger charge is 2.28. The predicted octanol–water partition coefficient (Wildman–Crippen LogP) is 5.72. The van der Waals surface area contributed by atoms with Crippen molar-refractivity contribution in [1.82, 2.24) is 15.2 Å². The number of thiophene rings is 1. The Morgan fingerprint density at radius 1 is 1.21 bits per heavy atom. The van der Waals surface area contributed by atoms with Gasteiger partial charge in [0.15, 0.2) is 0 Å². The number of amides is 1. The monoisotopic (exact) mass is 408 g/mol. The molecule has 0 spiro atoms. The number of benzene rings is 1. The molecule has 1 N–H and O–H groups in total. The number of hydrogen-bond acceptors (Lipinski definition) is 4. The molecule has 3 aromatic rings. The van der Waals surface area contributed by atoms with Gasteiger partial charge in [0.05, 0.1) is 16.3 Å². The molecular formula is C23H28N4OS. The number of hydrogen-bond donors (Lipinski definition) is 1. The van der Waals surface area contributed by atoms with Crippen molar-refractivity contribution in [2.45, 2.75) is 53.4 Å². The molecule has 29 heavy (non-hydrogen) atoms. The largest absolute Gasteiger partial charge is 0.281 e. The lowest BCUT2D eigenvalue weighted by Crippen LogP contribution is -2.27. The molecule has 0 saturated heterocycles. The molecule has 1 fully saturated rings. The third-order valence-corrected chi connectivity index (χ3v) is 6.98. The molecule has 0 radical (unpaired) electrons. The van der Waals surface area contributed by atoms with E-state index in [1.807, 2.05) is 48.0 Å². The average molecular weight is 409 g/mol. The molecule has 1 amide bonds. The van der Waals surface area contributed by atoms with Crippen molar-refractivity contribution in [2.75, 3.05) is 0 Å². The summed E-state index contributed by atoms with van der Waals surface area (Å²) in [6.45, 7) is 8.90. The van der Waals surface area contributed by atoms with E-state index in [2.05, 4.69) is 36.4 Å². The molecule has 0 bridgehead atoms. The third-order valence-electron chi connectivity index (χ3n) is 5.87. The van der Waals surface area contributed by atoms with Gasteiger partial charge in [0.2, 0.25) is 0 Å². The van der Waals surface area contributed by atoms with Crippen LogP contribution in [0.5, 0.6) is 0 Å². The van der Waals surface area contributed by atoms with Crippen molar-refractivity contribution < 1.29 is 4.79 Å². The number of nitrogens with zero attached hydrogens (tertiary/aromatic N) is 3. The first-order chi connectivity index (χ1) is 13.8. The van der Waals surface area contributed by atoms with Crippen molar-refractivity contribution in [2.24, 2.45) is 16.4 Å². The first kappa shape index (κ1) is 19.8. The van der Waals surface area contributed by atoms with Crippen LogP contribution in [0.15, 0.2) is 41.5 Å². The van der Waals surface area contributed by atoms with Crippen LogP contribution >= 0.6 is 11.3 Å². The molecule has 2 aromatic heterocycles. The van der Waals surface area contributed by atoms with Gasteiger partial charge in [-0.2, -0.15) is 10.2 Å². The molecule has 1 aliphatic carbocycles. The van der Waals surface area contributed by atoms with E-state index in [4.69, 9.17) is 0 Å². The maximum atomic E-state index is 12.7. The Kier molecular flexibility index (Phi) is 5.30. The fourth-order valence-corrected chi connectivity index (χ4v) is 5.09. The number of aromatic nitrogens is 2. The highest BCUT2D eigenvalue weighted by Crippen LogP contribution is 2.37. The van der Waals surface area contributed by atoms with Crippen LogP contribution in [0.25, 0.3) is 15.9 Å². The fourth-order valence-electron chi connectivity index (χ4n) is 4.02. The normalized spacial score (nSPS) is 17.5. The minimum Gasteiger partial charge on any atom is -0.266 e. The smallest absolute Gasteiger partial charge is 0.266 e. The number of aryl methyl sites for hydroxylation is 1. The lowest BCUT2D eigenvalue weighted by Gasteiger charge is -2.34. The fraction of sp³-hybridized carbons (Fsp3) is 0.435. The van der Waals surface area contributed by atoms with Gasteiger partial charge in [-0.1, -0.05) is 39.0 Å². The van der Waals surface area contributed by atoms with E-state index in [9.17, 15) is 4.79 Å². The molecule has 5 nitrogen and oxygen atoms in total. The van der Waals surface area contributed by atoms with E-state index in [0.29, 0.717) is 10.3 Å². The van der Waals surface area contributed by atoms with Crippen LogP contribution in [0.4, 0.5) is 0 Å². The maximum Gasteiger partial charge on any atom is 0.281 e. The quantitative estimate of drug-likeness (QED) is 0.564. The number of carbonyl (C=O) groups excluding carboxylic acids is 1. The first-order valence-corrected chi connectivity index (χ1v) is 11.0. The van der Waals surface area contributed by atoms with Crippen LogP contribution in [0.2, 0.25) is 0 Å². The van der Waals surface area contributed by atoms with E-state index >= 15 is 0 Å². The second-order valence-corrected chi connectivity index (χ2v) is 9.95. The molecule has 1 aliphatic rings. The van der Waals surface area contributed by atoms with Gasteiger partial charge in [-0.3, -0.25) is 4.79 Å². The minimum absolute atomic E-state index is 0.143. The van der Waals surface area contributed by atoms with Crippen LogP contribution in [0.3, 0.4) is 0 Å². The van der Waals surface area contributed by atoms with Crippen LogP contribution in [0.1, 0.15) is 61.8 Å². The average Bonchev–Trinajstić information content (AvgIpc) is 3.27. The van der Waals surface area contributed by atoms with Gasteiger partial charge in [0.1, 0.15) is 4.83 Å². The number of rotatable bonds is 3. The lowest BCUT2D eigenvalue weighted by molar-refractivity contribution is 0.0958. The van der Waals surface area contributed by atoms with Gasteiger partial charge in [-0.15, -0.1) is 11.3 Å². The summed E-state index contributed by atoms with van der Waals surface area (Å²) in [6, 6.07) is 11.9. The maximum absolute atomic E-state index is 12.7. The van der Waals surface area contributed by atoms with Crippen LogP contribution in [0, 0.1) is 18.3 Å². The van der Waals surface area contributed by atoms with E-state index in [1.54, 1.807) is 0 Å². The zero-order chi connectivity index (χ0) is 20.6. The number of hydrazone groups is 1. The zero-order valence-corrected chi connectivity index (χ0v) is 18.3. The van der Waals surface area contributed by atoms with Gasteiger partial charge in [-0.05, 0) is 62.1 Å². The summed E-state index contributed by atoms with van der Waals surface area (Å²) in [6.07, 6.45) is 4.23. The molecule has 2 heterocycles. The molecule has 0 aliphatic heterocycles. The van der Waals surface area contributed by atoms with Crippen molar-refractivity contribution in [1.29, 1.82) is 0 Å². The Morgan fingerprint density at radius 2 is 1.90 bits per heavy atom. The highest BCUT2D eigenvalue weighted by molar-refractivity contribution is 7.20. The summed E-state index contributed by atoms with van der Waals surface area (Å²) in [5, 5.41) is 10.1. The molecule has 1 saturated carbocycles. The summed E-state index contributed by atoms with van der Waals surface area (Å²) in [5.74, 6) is 0.583.